The number of hydrogen-bond acceptors (Lipinski definition) is 5. The number of benzene rings is 1. The average molecular weight is 343 g/mol. The van der Waals surface area contributed by atoms with Crippen LogP contribution in [0.5, 0.6) is 5.75 Å². The Bertz CT molecular complexity index is 767. The molecule has 6 nitrogen and oxygen atoms in total. The predicted octanol–water partition coefficient (Wildman–Crippen LogP) is 1.95. The van der Waals surface area contributed by atoms with E-state index in [9.17, 15) is 14.4 Å². The van der Waals surface area contributed by atoms with Gasteiger partial charge in [0.05, 0.1) is 14.2 Å². The summed E-state index contributed by atoms with van der Waals surface area (Å²) < 4.78 is 10.1. The molecule has 132 valence electrons. The zero-order chi connectivity index (χ0) is 18.1. The maximum Gasteiger partial charge on any atom is 0.316 e. The number of Topliss-reactive ketones (excluding diaryl/α,β-unsaturated/α-hetero) is 1. The third kappa shape index (κ3) is 3.04. The molecule has 3 rings (SSSR count). The number of carbonyl (C=O) groups excluding carboxylic acids is 3. The summed E-state index contributed by atoms with van der Waals surface area (Å²) in [7, 11) is 2.85. The van der Waals surface area contributed by atoms with Crippen LogP contribution in [0.15, 0.2) is 35.5 Å². The Balaban J connectivity index is 2.07. The fourth-order valence-electron chi connectivity index (χ4n) is 3.74. The van der Waals surface area contributed by atoms with Gasteiger partial charge in [0.15, 0.2) is 5.78 Å². The minimum absolute atomic E-state index is 0.122. The van der Waals surface area contributed by atoms with Gasteiger partial charge in [-0.25, -0.2) is 0 Å². The van der Waals surface area contributed by atoms with Crippen LogP contribution < -0.4 is 10.1 Å². The Kier molecular flexibility index (Phi) is 4.61. The van der Waals surface area contributed by atoms with Gasteiger partial charge < -0.3 is 14.8 Å². The average Bonchev–Trinajstić information content (AvgIpc) is 2.60. The van der Waals surface area contributed by atoms with Gasteiger partial charge in [0.2, 0.25) is 5.91 Å². The lowest BCUT2D eigenvalue weighted by Crippen LogP contribution is -2.44. The second kappa shape index (κ2) is 6.70. The van der Waals surface area contributed by atoms with Crippen LogP contribution in [0.3, 0.4) is 0 Å². The van der Waals surface area contributed by atoms with E-state index in [1.165, 1.54) is 7.11 Å². The SMILES string of the molecule is COC(=O)[C@H]1C(=O)C2=C(C[C@H]1C)NC(=O)C[C@@H]2c1cccc(OC)c1. The second-order valence-electron chi connectivity index (χ2n) is 6.52. The van der Waals surface area contributed by atoms with Crippen molar-refractivity contribution in [3.63, 3.8) is 0 Å². The summed E-state index contributed by atoms with van der Waals surface area (Å²) in [6.45, 7) is 1.82. The van der Waals surface area contributed by atoms with E-state index >= 15 is 0 Å². The highest BCUT2D eigenvalue weighted by atomic mass is 16.5. The monoisotopic (exact) mass is 343 g/mol. The van der Waals surface area contributed by atoms with Crippen molar-refractivity contribution >= 4 is 17.7 Å². The molecule has 1 aromatic carbocycles. The fraction of sp³-hybridized carbons (Fsp3) is 0.421. The number of rotatable bonds is 3. The summed E-state index contributed by atoms with van der Waals surface area (Å²) in [5.74, 6) is -1.67. The number of methoxy groups -OCH3 is 2. The van der Waals surface area contributed by atoms with Gasteiger partial charge in [0, 0.05) is 23.6 Å². The summed E-state index contributed by atoms with van der Waals surface area (Å²) in [5.41, 5.74) is 1.97. The van der Waals surface area contributed by atoms with E-state index in [-0.39, 0.29) is 29.9 Å². The largest absolute Gasteiger partial charge is 0.497 e. The van der Waals surface area contributed by atoms with Crippen molar-refractivity contribution in [3.8, 4) is 5.75 Å². The summed E-state index contributed by atoms with van der Waals surface area (Å²) in [6, 6.07) is 7.33. The zero-order valence-corrected chi connectivity index (χ0v) is 14.5. The molecule has 1 aliphatic carbocycles. The van der Waals surface area contributed by atoms with Crippen molar-refractivity contribution in [2.75, 3.05) is 14.2 Å². The van der Waals surface area contributed by atoms with Gasteiger partial charge >= 0.3 is 5.97 Å². The molecule has 0 fully saturated rings. The number of hydrogen-bond donors (Lipinski definition) is 1. The van der Waals surface area contributed by atoms with E-state index < -0.39 is 11.9 Å². The van der Waals surface area contributed by atoms with Crippen LogP contribution in [0.1, 0.15) is 31.2 Å². The topological polar surface area (TPSA) is 81.7 Å². The van der Waals surface area contributed by atoms with Gasteiger partial charge in [-0.1, -0.05) is 19.1 Å². The molecule has 0 spiro atoms. The molecule has 0 aromatic heterocycles. The molecule has 0 saturated heterocycles. The second-order valence-corrected chi connectivity index (χ2v) is 6.52. The molecule has 0 radical (unpaired) electrons. The molecule has 0 saturated carbocycles. The molecule has 1 amide bonds. The van der Waals surface area contributed by atoms with Gasteiger partial charge in [-0.05, 0) is 30.0 Å². The van der Waals surface area contributed by atoms with Crippen LogP contribution in [0, 0.1) is 11.8 Å². The van der Waals surface area contributed by atoms with Crippen LogP contribution in [-0.4, -0.2) is 31.9 Å². The third-order valence-corrected chi connectivity index (χ3v) is 4.95. The van der Waals surface area contributed by atoms with Crippen LogP contribution in [-0.2, 0) is 19.1 Å². The Morgan fingerprint density at radius 2 is 1.96 bits per heavy atom. The minimum Gasteiger partial charge on any atom is -0.497 e. The van der Waals surface area contributed by atoms with Crippen LogP contribution in [0.25, 0.3) is 0 Å². The Hall–Kier alpha value is -2.63. The normalized spacial score (nSPS) is 26.0. The Morgan fingerprint density at radius 3 is 2.64 bits per heavy atom. The quantitative estimate of drug-likeness (QED) is 0.670. The highest BCUT2D eigenvalue weighted by Crippen LogP contribution is 2.42. The predicted molar refractivity (Wildman–Crippen MR) is 89.8 cm³/mol. The zero-order valence-electron chi connectivity index (χ0n) is 14.5. The van der Waals surface area contributed by atoms with Gasteiger partial charge in [0.25, 0.3) is 0 Å². The van der Waals surface area contributed by atoms with Crippen molar-refractivity contribution in [2.24, 2.45) is 11.8 Å². The first-order valence-electron chi connectivity index (χ1n) is 8.25. The highest BCUT2D eigenvalue weighted by molar-refractivity contribution is 6.11. The van der Waals surface area contributed by atoms with E-state index in [0.717, 1.165) is 5.56 Å². The molecule has 2 aliphatic rings. The molecule has 6 heteroatoms. The van der Waals surface area contributed by atoms with E-state index in [1.807, 2.05) is 31.2 Å². The minimum atomic E-state index is -0.827. The number of ether oxygens (including phenoxy) is 2. The molecule has 25 heavy (non-hydrogen) atoms. The smallest absolute Gasteiger partial charge is 0.316 e. The number of esters is 1. The molecule has 3 atom stereocenters. The van der Waals surface area contributed by atoms with Gasteiger partial charge in [-0.15, -0.1) is 0 Å². The number of carbonyl (C=O) groups is 3. The fourth-order valence-corrected chi connectivity index (χ4v) is 3.74. The Morgan fingerprint density at radius 1 is 1.20 bits per heavy atom. The molecule has 1 heterocycles. The first-order chi connectivity index (χ1) is 12.0. The number of allylic oxidation sites excluding steroid dienone is 2. The lowest BCUT2D eigenvalue weighted by Gasteiger charge is -2.36. The molecule has 0 unspecified atom stereocenters. The van der Waals surface area contributed by atoms with Gasteiger partial charge in [0.1, 0.15) is 11.7 Å². The molecular formula is C19H21NO5. The van der Waals surface area contributed by atoms with Crippen molar-refractivity contribution < 1.29 is 23.9 Å². The van der Waals surface area contributed by atoms with Crippen LogP contribution in [0.2, 0.25) is 0 Å². The summed E-state index contributed by atoms with van der Waals surface area (Å²) in [6.07, 6.45) is 0.632. The van der Waals surface area contributed by atoms with Crippen molar-refractivity contribution in [1.82, 2.24) is 5.32 Å². The van der Waals surface area contributed by atoms with E-state index in [2.05, 4.69) is 5.32 Å². The van der Waals surface area contributed by atoms with Crippen molar-refractivity contribution in [3.05, 3.63) is 41.1 Å². The van der Waals surface area contributed by atoms with E-state index in [0.29, 0.717) is 23.4 Å². The molecule has 1 aromatic rings. The summed E-state index contributed by atoms with van der Waals surface area (Å²) in [5, 5.41) is 2.82. The van der Waals surface area contributed by atoms with Crippen molar-refractivity contribution in [1.29, 1.82) is 0 Å². The Labute approximate surface area is 146 Å². The lowest BCUT2D eigenvalue weighted by atomic mass is 9.70. The molecular weight excluding hydrogens is 322 g/mol. The first kappa shape index (κ1) is 17.2. The van der Waals surface area contributed by atoms with Crippen LogP contribution in [0.4, 0.5) is 0 Å². The van der Waals surface area contributed by atoms with Gasteiger partial charge in [-0.3, -0.25) is 14.4 Å². The summed E-state index contributed by atoms with van der Waals surface area (Å²) >= 11 is 0. The maximum absolute atomic E-state index is 13.1. The first-order valence-corrected chi connectivity index (χ1v) is 8.25. The number of amides is 1. The van der Waals surface area contributed by atoms with E-state index in [1.54, 1.807) is 7.11 Å². The maximum atomic E-state index is 13.1. The summed E-state index contributed by atoms with van der Waals surface area (Å²) in [4.78, 5) is 37.3. The molecule has 1 N–H and O–H groups in total. The number of nitrogens with one attached hydrogen (secondary N) is 1. The lowest BCUT2D eigenvalue weighted by molar-refractivity contribution is -0.151. The molecule has 0 bridgehead atoms. The molecule has 1 aliphatic heterocycles. The number of ketones is 1. The van der Waals surface area contributed by atoms with Crippen molar-refractivity contribution in [2.45, 2.75) is 25.7 Å². The third-order valence-electron chi connectivity index (χ3n) is 4.95. The van der Waals surface area contributed by atoms with Crippen LogP contribution >= 0.6 is 0 Å². The van der Waals surface area contributed by atoms with Gasteiger partial charge in [-0.2, -0.15) is 0 Å². The standard InChI is InChI=1S/C19H21NO5/c1-10-7-14-17(18(22)16(10)19(23)25-3)13(9-15(21)20-14)11-5-4-6-12(8-11)24-2/h4-6,8,10,13,16H,7,9H2,1-3H3,(H,20,21)/t10-,13-,16-/m1/s1. The highest BCUT2D eigenvalue weighted by Gasteiger charge is 2.45. The van der Waals surface area contributed by atoms with E-state index in [4.69, 9.17) is 9.47 Å².